The summed E-state index contributed by atoms with van der Waals surface area (Å²) in [5.41, 5.74) is 5.73. The second-order valence-corrected chi connectivity index (χ2v) is 6.20. The number of ether oxygens (including phenoxy) is 1. The van der Waals surface area contributed by atoms with Crippen molar-refractivity contribution in [3.63, 3.8) is 0 Å². The Bertz CT molecular complexity index is 512. The van der Waals surface area contributed by atoms with Crippen LogP contribution in [-0.4, -0.2) is 48.3 Å². The van der Waals surface area contributed by atoms with Gasteiger partial charge in [0.15, 0.2) is 0 Å². The lowest BCUT2D eigenvalue weighted by Crippen LogP contribution is -2.42. The summed E-state index contributed by atoms with van der Waals surface area (Å²) >= 11 is 0. The molecule has 1 aromatic rings. The number of nitrogens with two attached hydrogens (primary N) is 1. The van der Waals surface area contributed by atoms with Crippen molar-refractivity contribution in [2.24, 2.45) is 11.7 Å². The van der Waals surface area contributed by atoms with Crippen molar-refractivity contribution in [1.82, 2.24) is 4.90 Å². The van der Waals surface area contributed by atoms with Gasteiger partial charge in [-0.15, -0.1) is 0 Å². The minimum Gasteiger partial charge on any atom is -0.389 e. The quantitative estimate of drug-likeness (QED) is 0.755. The first-order chi connectivity index (χ1) is 11.0. The summed E-state index contributed by atoms with van der Waals surface area (Å²) in [6.45, 7) is 2.47. The van der Waals surface area contributed by atoms with Crippen molar-refractivity contribution in [1.29, 1.82) is 0 Å². The van der Waals surface area contributed by atoms with E-state index in [1.165, 1.54) is 6.07 Å². The number of β-amino-alcohol motifs (C(OH)–C–C–N with tert-alkyl or cyclic N) is 1. The number of nitrogens with zero attached hydrogens (tertiary/aromatic N) is 1. The van der Waals surface area contributed by atoms with Crippen LogP contribution in [0, 0.1) is 11.7 Å². The standard InChI is InChI=1S/C17H25FN2O3/c18-16-6-2-1-5-14(16)11-23-12-15(21)10-20-7-3-4-13(9-20)8-17(19)22/h1-2,5-6,13,15,21H,3-4,7-12H2,(H2,19,22). The Morgan fingerprint density at radius 2 is 2.26 bits per heavy atom. The number of rotatable bonds is 8. The zero-order chi connectivity index (χ0) is 16.7. The van der Waals surface area contributed by atoms with Gasteiger partial charge in [0, 0.05) is 25.1 Å². The maximum absolute atomic E-state index is 13.4. The van der Waals surface area contributed by atoms with Crippen LogP contribution in [0.15, 0.2) is 24.3 Å². The zero-order valence-electron chi connectivity index (χ0n) is 13.3. The number of carbonyl (C=O) groups is 1. The van der Waals surface area contributed by atoms with E-state index in [-0.39, 0.29) is 30.9 Å². The van der Waals surface area contributed by atoms with E-state index < -0.39 is 6.10 Å². The SMILES string of the molecule is NC(=O)CC1CCCN(CC(O)COCc2ccccc2F)C1. The van der Waals surface area contributed by atoms with Gasteiger partial charge in [-0.1, -0.05) is 18.2 Å². The maximum atomic E-state index is 13.4. The lowest BCUT2D eigenvalue weighted by molar-refractivity contribution is -0.119. The molecule has 128 valence electrons. The van der Waals surface area contributed by atoms with Gasteiger partial charge in [0.2, 0.25) is 5.91 Å². The van der Waals surface area contributed by atoms with E-state index in [2.05, 4.69) is 4.90 Å². The van der Waals surface area contributed by atoms with E-state index in [9.17, 15) is 14.3 Å². The van der Waals surface area contributed by atoms with Gasteiger partial charge >= 0.3 is 0 Å². The van der Waals surface area contributed by atoms with Crippen molar-refractivity contribution in [3.05, 3.63) is 35.6 Å². The number of benzene rings is 1. The maximum Gasteiger partial charge on any atom is 0.217 e. The molecule has 2 unspecified atom stereocenters. The molecule has 5 nitrogen and oxygen atoms in total. The summed E-state index contributed by atoms with van der Waals surface area (Å²) in [6, 6.07) is 6.44. The monoisotopic (exact) mass is 324 g/mol. The van der Waals surface area contributed by atoms with Crippen LogP contribution in [0.1, 0.15) is 24.8 Å². The Labute approximate surface area is 136 Å². The molecule has 6 heteroatoms. The molecule has 1 aromatic carbocycles. The summed E-state index contributed by atoms with van der Waals surface area (Å²) in [5.74, 6) is -0.300. The van der Waals surface area contributed by atoms with Gasteiger partial charge in [-0.25, -0.2) is 4.39 Å². The van der Waals surface area contributed by atoms with Gasteiger partial charge in [-0.2, -0.15) is 0 Å². The predicted octanol–water partition coefficient (Wildman–Crippen LogP) is 1.29. The molecule has 0 bridgehead atoms. The Hall–Kier alpha value is -1.50. The molecule has 0 aliphatic carbocycles. The van der Waals surface area contributed by atoms with Gasteiger partial charge < -0.3 is 20.5 Å². The van der Waals surface area contributed by atoms with E-state index in [0.29, 0.717) is 18.5 Å². The molecule has 23 heavy (non-hydrogen) atoms. The van der Waals surface area contributed by atoms with Crippen molar-refractivity contribution in [2.45, 2.75) is 32.0 Å². The minimum absolute atomic E-state index is 0.147. The second kappa shape index (κ2) is 8.96. The summed E-state index contributed by atoms with van der Waals surface area (Å²) in [6.07, 6.45) is 1.77. The Balaban J connectivity index is 1.69. The normalized spacial score (nSPS) is 20.3. The van der Waals surface area contributed by atoms with Crippen LogP contribution in [0.25, 0.3) is 0 Å². The number of amides is 1. The van der Waals surface area contributed by atoms with Crippen LogP contribution in [0.4, 0.5) is 4.39 Å². The number of aliphatic hydroxyl groups excluding tert-OH is 1. The number of halogens is 1. The van der Waals surface area contributed by atoms with E-state index >= 15 is 0 Å². The van der Waals surface area contributed by atoms with Crippen LogP contribution in [-0.2, 0) is 16.1 Å². The first kappa shape index (κ1) is 17.8. The molecular weight excluding hydrogens is 299 g/mol. The number of primary amides is 1. The van der Waals surface area contributed by atoms with Crippen molar-refractivity contribution < 1.29 is 19.0 Å². The molecule has 0 spiro atoms. The third kappa shape index (κ3) is 6.25. The van der Waals surface area contributed by atoms with Crippen LogP contribution >= 0.6 is 0 Å². The highest BCUT2D eigenvalue weighted by atomic mass is 19.1. The fourth-order valence-corrected chi connectivity index (χ4v) is 3.04. The summed E-state index contributed by atoms with van der Waals surface area (Å²) in [5, 5.41) is 10.1. The van der Waals surface area contributed by atoms with Crippen LogP contribution in [0.3, 0.4) is 0 Å². The molecule has 1 heterocycles. The predicted molar refractivity (Wildman–Crippen MR) is 85.0 cm³/mol. The smallest absolute Gasteiger partial charge is 0.217 e. The van der Waals surface area contributed by atoms with E-state index in [4.69, 9.17) is 10.5 Å². The molecular formula is C17H25FN2O3. The number of hydrogen-bond donors (Lipinski definition) is 2. The molecule has 2 rings (SSSR count). The summed E-state index contributed by atoms with van der Waals surface area (Å²) in [4.78, 5) is 13.1. The molecule has 2 atom stereocenters. The van der Waals surface area contributed by atoms with Gasteiger partial charge in [-0.3, -0.25) is 4.79 Å². The Kier molecular flexibility index (Phi) is 6.95. The lowest BCUT2D eigenvalue weighted by Gasteiger charge is -2.33. The average Bonchev–Trinajstić information content (AvgIpc) is 2.49. The van der Waals surface area contributed by atoms with Gasteiger partial charge in [0.1, 0.15) is 5.82 Å². The third-order valence-electron chi connectivity index (χ3n) is 4.09. The highest BCUT2D eigenvalue weighted by molar-refractivity contribution is 5.74. The molecule has 1 amide bonds. The number of hydrogen-bond acceptors (Lipinski definition) is 4. The molecule has 0 saturated carbocycles. The largest absolute Gasteiger partial charge is 0.389 e. The summed E-state index contributed by atoms with van der Waals surface area (Å²) in [7, 11) is 0. The fraction of sp³-hybridized carbons (Fsp3) is 0.588. The van der Waals surface area contributed by atoms with Crippen LogP contribution in [0.5, 0.6) is 0 Å². The molecule has 1 aliphatic heterocycles. The van der Waals surface area contributed by atoms with E-state index in [1.54, 1.807) is 18.2 Å². The highest BCUT2D eigenvalue weighted by Gasteiger charge is 2.23. The molecule has 3 N–H and O–H groups in total. The Morgan fingerprint density at radius 3 is 3.00 bits per heavy atom. The van der Waals surface area contributed by atoms with Crippen LogP contribution < -0.4 is 5.73 Å². The number of likely N-dealkylation sites (tertiary alicyclic amines) is 1. The molecule has 0 radical (unpaired) electrons. The fourth-order valence-electron chi connectivity index (χ4n) is 3.04. The summed E-state index contributed by atoms with van der Waals surface area (Å²) < 4.78 is 18.9. The minimum atomic E-state index is -0.630. The number of piperidine rings is 1. The van der Waals surface area contributed by atoms with Crippen molar-refractivity contribution in [2.75, 3.05) is 26.2 Å². The first-order valence-electron chi connectivity index (χ1n) is 8.04. The second-order valence-electron chi connectivity index (χ2n) is 6.20. The van der Waals surface area contributed by atoms with Crippen LogP contribution in [0.2, 0.25) is 0 Å². The average molecular weight is 324 g/mol. The third-order valence-corrected chi connectivity index (χ3v) is 4.09. The van der Waals surface area contributed by atoms with E-state index in [0.717, 1.165) is 25.9 Å². The zero-order valence-corrected chi connectivity index (χ0v) is 13.3. The molecule has 1 saturated heterocycles. The Morgan fingerprint density at radius 1 is 1.48 bits per heavy atom. The van der Waals surface area contributed by atoms with Crippen molar-refractivity contribution in [3.8, 4) is 0 Å². The topological polar surface area (TPSA) is 75.8 Å². The van der Waals surface area contributed by atoms with Gasteiger partial charge in [0.05, 0.1) is 19.3 Å². The highest BCUT2D eigenvalue weighted by Crippen LogP contribution is 2.19. The molecule has 1 aliphatic rings. The molecule has 1 fully saturated rings. The number of carbonyl (C=O) groups excluding carboxylic acids is 1. The number of aliphatic hydroxyl groups is 1. The lowest BCUT2D eigenvalue weighted by atomic mass is 9.94. The van der Waals surface area contributed by atoms with Gasteiger partial charge in [-0.05, 0) is 31.4 Å². The first-order valence-corrected chi connectivity index (χ1v) is 8.04. The molecule has 0 aromatic heterocycles. The van der Waals surface area contributed by atoms with E-state index in [1.807, 2.05) is 0 Å². The van der Waals surface area contributed by atoms with Gasteiger partial charge in [0.25, 0.3) is 0 Å². The van der Waals surface area contributed by atoms with Crippen molar-refractivity contribution >= 4 is 5.91 Å².